The molecule has 0 aromatic carbocycles. The summed E-state index contributed by atoms with van der Waals surface area (Å²) in [6.07, 6.45) is -42.0. The van der Waals surface area contributed by atoms with Crippen LogP contribution in [0, 0.1) is 0 Å². The molecule has 0 aliphatic rings. The van der Waals surface area contributed by atoms with Crippen LogP contribution in [-0.2, 0) is 13.3 Å². The van der Waals surface area contributed by atoms with Gasteiger partial charge in [-0.3, -0.25) is 8.85 Å². The number of alkyl halides is 30. The molecule has 0 heterocycles. The second-order valence-corrected chi connectivity index (χ2v) is 10.2. The Hall–Kier alpha value is -2.00. The van der Waals surface area contributed by atoms with Gasteiger partial charge in [-0.25, -0.2) is 0 Å². The number of rotatable bonds is 12. The lowest BCUT2D eigenvalue weighted by atomic mass is 9.91. The second-order valence-electron chi connectivity index (χ2n) is 7.86. The SMILES string of the molecule is FC(F)(F)O[Si](OC(F)(F)F)(OC(F)(F)C(F)(F)C(F)(F)C(F)(F)C(F)(F)C(F)(F)C(F)(F)C(F)(F)F)C(F)(F)C(F)(F)C(F)(F)F. The van der Waals surface area contributed by atoms with Gasteiger partial charge in [-0.15, -0.1) is 26.3 Å². The van der Waals surface area contributed by atoms with E-state index in [1.165, 1.54) is 8.85 Å². The van der Waals surface area contributed by atoms with Crippen LogP contribution in [0.3, 0.4) is 0 Å². The van der Waals surface area contributed by atoms with E-state index >= 15 is 0 Å². The van der Waals surface area contributed by atoms with Crippen LogP contribution < -0.4 is 0 Å². The monoisotopic (exact) mass is 802 g/mol. The maximum atomic E-state index is 14.0. The van der Waals surface area contributed by atoms with Gasteiger partial charge in [-0.2, -0.15) is 105 Å². The van der Waals surface area contributed by atoms with Crippen molar-refractivity contribution < 1.29 is 145 Å². The van der Waals surface area contributed by atoms with Crippen molar-refractivity contribution in [1.29, 1.82) is 0 Å². The van der Waals surface area contributed by atoms with E-state index in [1.807, 2.05) is 0 Å². The normalized spacial score (nSPS) is 17.0. The van der Waals surface area contributed by atoms with Crippen LogP contribution in [0.25, 0.3) is 0 Å². The van der Waals surface area contributed by atoms with E-state index in [4.69, 9.17) is 0 Å². The molecule has 34 heteroatoms. The highest BCUT2D eigenvalue weighted by atomic mass is 28.4. The van der Waals surface area contributed by atoms with Crippen LogP contribution in [0.4, 0.5) is 132 Å². The van der Waals surface area contributed by atoms with Gasteiger partial charge in [-0.05, 0) is 0 Å². The summed E-state index contributed by atoms with van der Waals surface area (Å²) in [6, 6.07) is 0. The summed E-state index contributed by atoms with van der Waals surface area (Å²) in [5.74, 6) is -65.5. The second kappa shape index (κ2) is 11.3. The molecule has 0 aliphatic carbocycles. The molecule has 0 aromatic rings. The maximum absolute atomic E-state index is 14.0. The lowest BCUT2D eigenvalue weighted by Gasteiger charge is -2.44. The smallest absolute Gasteiger partial charge is 0.304 e. The number of hydrogen-bond acceptors (Lipinski definition) is 3. The van der Waals surface area contributed by atoms with Gasteiger partial charge >= 0.3 is 87.0 Å². The van der Waals surface area contributed by atoms with Crippen molar-refractivity contribution in [2.24, 2.45) is 0 Å². The molecule has 0 atom stereocenters. The summed E-state index contributed by atoms with van der Waals surface area (Å²) >= 11 is 0. The Kier molecular flexibility index (Phi) is 10.8. The van der Waals surface area contributed by atoms with Crippen molar-refractivity contribution in [2.75, 3.05) is 0 Å². The third-order valence-electron chi connectivity index (χ3n) is 4.59. The Morgan fingerprint density at radius 1 is 0.255 bits per heavy atom. The van der Waals surface area contributed by atoms with Gasteiger partial charge in [0.2, 0.25) is 0 Å². The van der Waals surface area contributed by atoms with Gasteiger partial charge < -0.3 is 4.43 Å². The van der Waals surface area contributed by atoms with Crippen molar-refractivity contribution in [2.45, 2.75) is 78.2 Å². The zero-order valence-electron chi connectivity index (χ0n) is 19.6. The fourth-order valence-electron chi connectivity index (χ4n) is 2.31. The highest BCUT2D eigenvalue weighted by Crippen LogP contribution is 2.65. The molecule has 0 rings (SSSR count). The molecule has 3 nitrogen and oxygen atoms in total. The fourth-order valence-corrected chi connectivity index (χ4v) is 4.42. The van der Waals surface area contributed by atoms with E-state index < -0.39 is 87.0 Å². The largest absolute Gasteiger partial charge is 0.599 e. The number of hydrogen-bond donors (Lipinski definition) is 0. The van der Waals surface area contributed by atoms with Crippen LogP contribution in [-0.4, -0.2) is 87.0 Å². The Balaban J connectivity index is 7.89. The first-order valence-corrected chi connectivity index (χ1v) is 11.1. The summed E-state index contributed by atoms with van der Waals surface area (Å²) in [5, 5.41) is 0. The summed E-state index contributed by atoms with van der Waals surface area (Å²) in [7, 11) is -11.0. The molecule has 0 unspecified atom stereocenters. The van der Waals surface area contributed by atoms with Crippen LogP contribution in [0.2, 0.25) is 0 Å². The zero-order valence-corrected chi connectivity index (χ0v) is 20.6. The standard InChI is InChI=1S/C13F30O3Si/c14-1(15,3(18,19)5(22,23)8(28,29)30)2(16,17)4(20,21)6(24,25)10(34,35)44-47(45-12(38,39)40,46-13(41,42)43)11(36,37)7(26,27)9(31,32)33. The van der Waals surface area contributed by atoms with Crippen LogP contribution in [0.15, 0.2) is 0 Å². The third-order valence-corrected chi connectivity index (χ3v) is 7.20. The van der Waals surface area contributed by atoms with Gasteiger partial charge in [0.05, 0.1) is 0 Å². The molecule has 47 heavy (non-hydrogen) atoms. The van der Waals surface area contributed by atoms with E-state index in [9.17, 15) is 132 Å². The molecular weight excluding hydrogens is 802 g/mol. The Morgan fingerprint density at radius 2 is 0.489 bits per heavy atom. The molecule has 0 N–H and O–H groups in total. The van der Waals surface area contributed by atoms with E-state index in [1.54, 1.807) is 0 Å². The third kappa shape index (κ3) is 6.91. The molecule has 0 spiro atoms. The minimum Gasteiger partial charge on any atom is -0.304 e. The molecule has 0 aromatic heterocycles. The fraction of sp³-hybridized carbons (Fsp3) is 1.00. The van der Waals surface area contributed by atoms with Crippen LogP contribution in [0.5, 0.6) is 0 Å². The molecule has 0 saturated carbocycles. The van der Waals surface area contributed by atoms with Gasteiger partial charge in [0.1, 0.15) is 0 Å². The maximum Gasteiger partial charge on any atom is 0.599 e. The summed E-state index contributed by atoms with van der Waals surface area (Å²) in [5.41, 5.74) is -9.08. The summed E-state index contributed by atoms with van der Waals surface area (Å²) in [4.78, 5) is 0. The first-order chi connectivity index (χ1) is 19.6. The van der Waals surface area contributed by atoms with Gasteiger partial charge in [0, 0.05) is 0 Å². The van der Waals surface area contributed by atoms with Crippen molar-refractivity contribution in [3.63, 3.8) is 0 Å². The van der Waals surface area contributed by atoms with Crippen molar-refractivity contribution in [3.05, 3.63) is 0 Å². The summed E-state index contributed by atoms with van der Waals surface area (Å²) < 4.78 is 395. The van der Waals surface area contributed by atoms with Crippen molar-refractivity contribution >= 4 is 8.80 Å². The lowest BCUT2D eigenvalue weighted by Crippen LogP contribution is -2.78. The van der Waals surface area contributed by atoms with E-state index in [-0.39, 0.29) is 0 Å². The van der Waals surface area contributed by atoms with Crippen molar-refractivity contribution in [1.82, 2.24) is 0 Å². The first-order valence-electron chi connectivity index (χ1n) is 9.39. The molecule has 0 saturated heterocycles. The summed E-state index contributed by atoms with van der Waals surface area (Å²) in [6.45, 7) is 0. The minimum atomic E-state index is -11.0. The number of halogens is 30. The first kappa shape index (κ1) is 45.0. The molecule has 0 aliphatic heterocycles. The lowest BCUT2D eigenvalue weighted by molar-refractivity contribution is -0.477. The predicted octanol–water partition coefficient (Wildman–Crippen LogP) is 9.35. The average Bonchev–Trinajstić information content (AvgIpc) is 2.73. The molecular formula is C13F30O3Si. The Labute approximate surface area is 233 Å². The highest BCUT2D eigenvalue weighted by Gasteiger charge is 2.97. The average molecular weight is 802 g/mol. The topological polar surface area (TPSA) is 27.7 Å². The van der Waals surface area contributed by atoms with E-state index in [0.29, 0.717) is 0 Å². The Bertz CT molecular complexity index is 1090. The Morgan fingerprint density at radius 3 is 0.723 bits per heavy atom. The molecule has 284 valence electrons. The molecule has 0 amide bonds. The molecule has 0 bridgehead atoms. The predicted molar refractivity (Wildman–Crippen MR) is 77.8 cm³/mol. The van der Waals surface area contributed by atoms with Gasteiger partial charge in [0.15, 0.2) is 0 Å². The van der Waals surface area contributed by atoms with E-state index in [2.05, 4.69) is 0 Å². The quantitative estimate of drug-likeness (QED) is 0.146. The molecule has 0 radical (unpaired) electrons. The zero-order chi connectivity index (χ0) is 39.1. The van der Waals surface area contributed by atoms with Gasteiger partial charge in [-0.1, -0.05) is 0 Å². The van der Waals surface area contributed by atoms with Gasteiger partial charge in [0.25, 0.3) is 0 Å². The van der Waals surface area contributed by atoms with Crippen LogP contribution >= 0.6 is 0 Å². The minimum absolute atomic E-state index is 1.06. The van der Waals surface area contributed by atoms with Crippen molar-refractivity contribution in [3.8, 4) is 0 Å². The molecule has 0 fully saturated rings. The highest BCUT2D eigenvalue weighted by molar-refractivity contribution is 6.64. The van der Waals surface area contributed by atoms with E-state index in [0.717, 1.165) is 4.43 Å². The van der Waals surface area contributed by atoms with Crippen LogP contribution in [0.1, 0.15) is 0 Å².